The largest absolute Gasteiger partial charge is 0.0622 e. The quantitative estimate of drug-likeness (QED) is 0.514. The Hall–Kier alpha value is 0. The Kier molecular flexibility index (Phi) is 1.09. The molecule has 0 bridgehead atoms. The van der Waals surface area contributed by atoms with Crippen molar-refractivity contribution in [3.05, 3.63) is 0 Å². The normalized spacial score (nSPS) is 59.8. The molecule has 3 aliphatic carbocycles. The van der Waals surface area contributed by atoms with Gasteiger partial charge in [-0.25, -0.2) is 0 Å². The van der Waals surface area contributed by atoms with E-state index in [4.69, 9.17) is 0 Å². The van der Waals surface area contributed by atoms with Crippen LogP contribution in [0, 0.1) is 28.6 Å². The third-order valence-corrected chi connectivity index (χ3v) is 5.65. The molecule has 0 aromatic heterocycles. The highest BCUT2D eigenvalue weighted by Gasteiger charge is 2.71. The Labute approximate surface area is 75.7 Å². The Morgan fingerprint density at radius 1 is 1.25 bits per heavy atom. The second-order valence-electron chi connectivity index (χ2n) is 6.18. The molecule has 0 aromatic carbocycles. The monoisotopic (exact) mass is 164 g/mol. The topological polar surface area (TPSA) is 0 Å². The molecule has 0 heterocycles. The number of hydrogen-bond acceptors (Lipinski definition) is 0. The van der Waals surface area contributed by atoms with Crippen molar-refractivity contribution in [2.75, 3.05) is 0 Å². The van der Waals surface area contributed by atoms with Crippen molar-refractivity contribution < 1.29 is 0 Å². The molecule has 3 rings (SSSR count). The zero-order valence-corrected chi connectivity index (χ0v) is 8.56. The van der Waals surface area contributed by atoms with Crippen LogP contribution in [0.3, 0.4) is 0 Å². The summed E-state index contributed by atoms with van der Waals surface area (Å²) in [5.74, 6) is 3.31. The summed E-state index contributed by atoms with van der Waals surface area (Å²) in [7, 11) is 0. The lowest BCUT2D eigenvalue weighted by atomic mass is 9.34. The van der Waals surface area contributed by atoms with Crippen LogP contribution in [-0.2, 0) is 0 Å². The third kappa shape index (κ3) is 0.506. The van der Waals surface area contributed by atoms with Crippen LogP contribution in [0.1, 0.15) is 46.5 Å². The van der Waals surface area contributed by atoms with Crippen LogP contribution in [0.5, 0.6) is 0 Å². The first-order valence-corrected chi connectivity index (χ1v) is 5.58. The average Bonchev–Trinajstić information content (AvgIpc) is 2.17. The van der Waals surface area contributed by atoms with Crippen molar-refractivity contribution in [3.63, 3.8) is 0 Å². The summed E-state index contributed by atoms with van der Waals surface area (Å²) in [6, 6.07) is 0. The van der Waals surface area contributed by atoms with Gasteiger partial charge in [-0.15, -0.1) is 0 Å². The standard InChI is InChI=1S/C12H20/c1-8-7-12-9(6-10(8)12)4-5-11(12,2)3/h8-10H,4-7H2,1-3H3. The SMILES string of the molecule is CC1CC23C(CCC2(C)C)CC13. The molecule has 12 heavy (non-hydrogen) atoms. The predicted octanol–water partition coefficient (Wildman–Crippen LogP) is 3.47. The summed E-state index contributed by atoms with van der Waals surface area (Å²) in [4.78, 5) is 0. The van der Waals surface area contributed by atoms with E-state index in [2.05, 4.69) is 20.8 Å². The Morgan fingerprint density at radius 3 is 2.50 bits per heavy atom. The number of hydrogen-bond donors (Lipinski definition) is 0. The lowest BCUT2D eigenvalue weighted by molar-refractivity contribution is -0.218. The highest BCUT2D eigenvalue weighted by atomic mass is 14.8. The highest BCUT2D eigenvalue weighted by molar-refractivity contribution is 5.20. The zero-order valence-electron chi connectivity index (χ0n) is 8.56. The van der Waals surface area contributed by atoms with E-state index in [1.54, 1.807) is 12.8 Å². The first-order chi connectivity index (χ1) is 5.58. The molecule has 0 saturated heterocycles. The molecule has 0 amide bonds. The first-order valence-electron chi connectivity index (χ1n) is 5.58. The van der Waals surface area contributed by atoms with Crippen LogP contribution < -0.4 is 0 Å². The molecule has 0 nitrogen and oxygen atoms in total. The van der Waals surface area contributed by atoms with Crippen LogP contribution in [0.15, 0.2) is 0 Å². The molecule has 3 aliphatic rings. The lowest BCUT2D eigenvalue weighted by Crippen LogP contribution is -2.63. The molecule has 0 aromatic rings. The van der Waals surface area contributed by atoms with Gasteiger partial charge in [-0.05, 0) is 54.3 Å². The molecule has 0 radical (unpaired) electrons. The molecular formula is C12H20. The minimum Gasteiger partial charge on any atom is -0.0622 e. The zero-order chi connectivity index (χ0) is 8.56. The van der Waals surface area contributed by atoms with Gasteiger partial charge in [0.15, 0.2) is 0 Å². The number of rotatable bonds is 0. The minimum absolute atomic E-state index is 0.688. The summed E-state index contributed by atoms with van der Waals surface area (Å²) >= 11 is 0. The fourth-order valence-corrected chi connectivity index (χ4v) is 4.92. The Morgan fingerprint density at radius 2 is 2.00 bits per heavy atom. The second kappa shape index (κ2) is 1.76. The van der Waals surface area contributed by atoms with Gasteiger partial charge < -0.3 is 0 Å². The highest BCUT2D eigenvalue weighted by Crippen LogP contribution is 2.79. The minimum atomic E-state index is 0.688. The molecule has 3 saturated carbocycles. The van der Waals surface area contributed by atoms with Crippen molar-refractivity contribution in [2.45, 2.75) is 46.5 Å². The van der Waals surface area contributed by atoms with Gasteiger partial charge >= 0.3 is 0 Å². The average molecular weight is 164 g/mol. The van der Waals surface area contributed by atoms with Gasteiger partial charge in [0.1, 0.15) is 0 Å². The van der Waals surface area contributed by atoms with Crippen molar-refractivity contribution in [2.24, 2.45) is 28.6 Å². The maximum absolute atomic E-state index is 2.52. The maximum Gasteiger partial charge on any atom is -0.0184 e. The molecule has 68 valence electrons. The van der Waals surface area contributed by atoms with E-state index in [1.807, 2.05) is 0 Å². The van der Waals surface area contributed by atoms with Crippen LogP contribution in [-0.4, -0.2) is 0 Å². The lowest BCUT2D eigenvalue weighted by Gasteiger charge is -2.70. The molecule has 0 N–H and O–H groups in total. The van der Waals surface area contributed by atoms with Crippen LogP contribution in [0.4, 0.5) is 0 Å². The first kappa shape index (κ1) is 7.41. The van der Waals surface area contributed by atoms with Gasteiger partial charge in [-0.2, -0.15) is 0 Å². The maximum atomic E-state index is 2.52. The van der Waals surface area contributed by atoms with Crippen molar-refractivity contribution in [1.29, 1.82) is 0 Å². The second-order valence-corrected chi connectivity index (χ2v) is 6.18. The van der Waals surface area contributed by atoms with Crippen LogP contribution in [0.25, 0.3) is 0 Å². The summed E-state index contributed by atoms with van der Waals surface area (Å²) in [6.07, 6.45) is 6.16. The molecule has 1 spiro atoms. The summed E-state index contributed by atoms with van der Waals surface area (Å²) in [5, 5.41) is 0. The van der Waals surface area contributed by atoms with Crippen LogP contribution in [0.2, 0.25) is 0 Å². The van der Waals surface area contributed by atoms with E-state index in [1.165, 1.54) is 12.8 Å². The third-order valence-electron chi connectivity index (χ3n) is 5.65. The van der Waals surface area contributed by atoms with E-state index in [-0.39, 0.29) is 0 Å². The van der Waals surface area contributed by atoms with E-state index in [0.29, 0.717) is 5.41 Å². The fourth-order valence-electron chi connectivity index (χ4n) is 4.92. The van der Waals surface area contributed by atoms with Crippen molar-refractivity contribution in [3.8, 4) is 0 Å². The van der Waals surface area contributed by atoms with Gasteiger partial charge in [0.2, 0.25) is 0 Å². The van der Waals surface area contributed by atoms with Gasteiger partial charge in [-0.3, -0.25) is 0 Å². The van der Waals surface area contributed by atoms with E-state index in [0.717, 1.165) is 23.2 Å². The van der Waals surface area contributed by atoms with Crippen molar-refractivity contribution in [1.82, 2.24) is 0 Å². The fraction of sp³-hybridized carbons (Fsp3) is 1.00. The van der Waals surface area contributed by atoms with Gasteiger partial charge in [0, 0.05) is 0 Å². The van der Waals surface area contributed by atoms with Gasteiger partial charge in [0.25, 0.3) is 0 Å². The molecule has 4 unspecified atom stereocenters. The van der Waals surface area contributed by atoms with E-state index in [9.17, 15) is 0 Å². The van der Waals surface area contributed by atoms with Crippen LogP contribution >= 0.6 is 0 Å². The summed E-state index contributed by atoms with van der Waals surface area (Å²) in [6.45, 7) is 7.50. The Bertz CT molecular complexity index is 228. The van der Waals surface area contributed by atoms with Crippen molar-refractivity contribution >= 4 is 0 Å². The molecular weight excluding hydrogens is 144 g/mol. The van der Waals surface area contributed by atoms with Gasteiger partial charge in [-0.1, -0.05) is 20.8 Å². The smallest absolute Gasteiger partial charge is 0.0184 e. The van der Waals surface area contributed by atoms with E-state index < -0.39 is 0 Å². The van der Waals surface area contributed by atoms with Gasteiger partial charge in [0.05, 0.1) is 0 Å². The molecule has 4 atom stereocenters. The predicted molar refractivity (Wildman–Crippen MR) is 50.8 cm³/mol. The Balaban J connectivity index is 1.97. The summed E-state index contributed by atoms with van der Waals surface area (Å²) < 4.78 is 0. The molecule has 0 heteroatoms. The summed E-state index contributed by atoms with van der Waals surface area (Å²) in [5.41, 5.74) is 1.53. The molecule has 3 fully saturated rings. The van der Waals surface area contributed by atoms with E-state index >= 15 is 0 Å². The molecule has 0 aliphatic heterocycles.